The van der Waals surface area contributed by atoms with Crippen LogP contribution in [0.3, 0.4) is 0 Å². The summed E-state index contributed by atoms with van der Waals surface area (Å²) in [6.07, 6.45) is 4.03. The Balaban J connectivity index is 1.69. The van der Waals surface area contributed by atoms with E-state index in [2.05, 4.69) is 15.6 Å². The largest absolute Gasteiger partial charge is 0.360 e. The standard InChI is InChI=1S/C14H18N4O2/c1-8(11-7-15-18(3)9(11)2)16-14(19)12-6-13(20-17-12)10-4-5-10/h6-8,10H,4-5H2,1-3H3,(H,16,19). The zero-order chi connectivity index (χ0) is 14.3. The molecule has 1 aliphatic rings. The molecule has 0 aliphatic heterocycles. The number of nitrogens with one attached hydrogen (secondary N) is 1. The van der Waals surface area contributed by atoms with Crippen LogP contribution in [0.4, 0.5) is 0 Å². The van der Waals surface area contributed by atoms with Crippen molar-refractivity contribution in [2.24, 2.45) is 7.05 Å². The van der Waals surface area contributed by atoms with Gasteiger partial charge in [-0.1, -0.05) is 5.16 Å². The molecule has 1 aliphatic carbocycles. The Morgan fingerprint density at radius 1 is 1.55 bits per heavy atom. The Labute approximate surface area is 117 Å². The van der Waals surface area contributed by atoms with Gasteiger partial charge in [0.15, 0.2) is 5.69 Å². The van der Waals surface area contributed by atoms with Gasteiger partial charge < -0.3 is 9.84 Å². The molecule has 6 heteroatoms. The van der Waals surface area contributed by atoms with Crippen molar-refractivity contribution >= 4 is 5.91 Å². The number of carbonyl (C=O) groups is 1. The Morgan fingerprint density at radius 3 is 2.90 bits per heavy atom. The van der Waals surface area contributed by atoms with Gasteiger partial charge in [0.1, 0.15) is 5.76 Å². The average Bonchev–Trinajstić information content (AvgIpc) is 3.05. The molecule has 1 fully saturated rings. The van der Waals surface area contributed by atoms with Crippen molar-refractivity contribution < 1.29 is 9.32 Å². The molecule has 1 unspecified atom stereocenters. The van der Waals surface area contributed by atoms with Crippen LogP contribution in [-0.4, -0.2) is 20.8 Å². The third kappa shape index (κ3) is 2.33. The molecule has 0 bridgehead atoms. The molecular formula is C14H18N4O2. The molecule has 2 aromatic heterocycles. The molecule has 0 spiro atoms. The van der Waals surface area contributed by atoms with Gasteiger partial charge in [-0.2, -0.15) is 5.10 Å². The first-order chi connectivity index (χ1) is 9.56. The zero-order valence-electron chi connectivity index (χ0n) is 11.9. The SMILES string of the molecule is Cc1c(C(C)NC(=O)c2cc(C3CC3)on2)cnn1C. The summed E-state index contributed by atoms with van der Waals surface area (Å²) in [6.45, 7) is 3.91. The fraction of sp³-hybridized carbons (Fsp3) is 0.500. The van der Waals surface area contributed by atoms with Gasteiger partial charge in [0, 0.05) is 30.3 Å². The Kier molecular flexibility index (Phi) is 3.08. The molecule has 3 rings (SSSR count). The molecule has 20 heavy (non-hydrogen) atoms. The van der Waals surface area contributed by atoms with Gasteiger partial charge in [0.2, 0.25) is 0 Å². The van der Waals surface area contributed by atoms with Crippen LogP contribution in [0.2, 0.25) is 0 Å². The zero-order valence-corrected chi connectivity index (χ0v) is 11.9. The summed E-state index contributed by atoms with van der Waals surface area (Å²) in [5, 5.41) is 11.0. The Hall–Kier alpha value is -2.11. The van der Waals surface area contributed by atoms with Gasteiger partial charge in [0.25, 0.3) is 5.91 Å². The first-order valence-corrected chi connectivity index (χ1v) is 6.82. The number of aryl methyl sites for hydroxylation is 1. The number of hydrogen-bond acceptors (Lipinski definition) is 4. The minimum atomic E-state index is -0.212. The molecule has 0 aromatic carbocycles. The number of carbonyl (C=O) groups excluding carboxylic acids is 1. The van der Waals surface area contributed by atoms with Gasteiger partial charge in [-0.3, -0.25) is 9.48 Å². The van der Waals surface area contributed by atoms with Crippen LogP contribution in [-0.2, 0) is 7.05 Å². The second kappa shape index (κ2) is 4.77. The minimum Gasteiger partial charge on any atom is -0.360 e. The third-order valence-electron chi connectivity index (χ3n) is 3.83. The number of hydrogen-bond donors (Lipinski definition) is 1. The van der Waals surface area contributed by atoms with E-state index in [-0.39, 0.29) is 11.9 Å². The Bertz CT molecular complexity index is 639. The maximum atomic E-state index is 12.1. The summed E-state index contributed by atoms with van der Waals surface area (Å²) < 4.78 is 6.99. The molecule has 1 amide bonds. The molecule has 106 valence electrons. The van der Waals surface area contributed by atoms with Crippen LogP contribution in [0.5, 0.6) is 0 Å². The van der Waals surface area contributed by atoms with Crippen molar-refractivity contribution in [3.63, 3.8) is 0 Å². The van der Waals surface area contributed by atoms with Gasteiger partial charge in [-0.05, 0) is 26.7 Å². The summed E-state index contributed by atoms with van der Waals surface area (Å²) in [5.74, 6) is 1.07. The van der Waals surface area contributed by atoms with E-state index in [0.717, 1.165) is 29.9 Å². The minimum absolute atomic E-state index is 0.114. The molecule has 1 atom stereocenters. The lowest BCUT2D eigenvalue weighted by Crippen LogP contribution is -2.27. The third-order valence-corrected chi connectivity index (χ3v) is 3.83. The van der Waals surface area contributed by atoms with E-state index in [1.54, 1.807) is 16.9 Å². The molecule has 2 heterocycles. The summed E-state index contributed by atoms with van der Waals surface area (Å²) in [7, 11) is 1.88. The second-order valence-corrected chi connectivity index (χ2v) is 5.39. The van der Waals surface area contributed by atoms with Crippen LogP contribution in [0.1, 0.15) is 59.2 Å². The second-order valence-electron chi connectivity index (χ2n) is 5.39. The lowest BCUT2D eigenvalue weighted by molar-refractivity contribution is 0.0930. The van der Waals surface area contributed by atoms with Gasteiger partial charge in [-0.15, -0.1) is 0 Å². The lowest BCUT2D eigenvalue weighted by Gasteiger charge is -2.12. The maximum absolute atomic E-state index is 12.1. The number of nitrogens with zero attached hydrogens (tertiary/aromatic N) is 3. The predicted octanol–water partition coefficient (Wildman–Crippen LogP) is 2.08. The molecule has 2 aromatic rings. The smallest absolute Gasteiger partial charge is 0.273 e. The Morgan fingerprint density at radius 2 is 2.30 bits per heavy atom. The van der Waals surface area contributed by atoms with Crippen molar-refractivity contribution in [3.8, 4) is 0 Å². The molecule has 1 N–H and O–H groups in total. The quantitative estimate of drug-likeness (QED) is 0.926. The average molecular weight is 274 g/mol. The van der Waals surface area contributed by atoms with Crippen LogP contribution >= 0.6 is 0 Å². The van der Waals surface area contributed by atoms with Crippen molar-refractivity contribution in [3.05, 3.63) is 35.0 Å². The monoisotopic (exact) mass is 274 g/mol. The van der Waals surface area contributed by atoms with Crippen molar-refractivity contribution in [2.45, 2.75) is 38.6 Å². The van der Waals surface area contributed by atoms with Crippen LogP contribution in [0.25, 0.3) is 0 Å². The lowest BCUT2D eigenvalue weighted by atomic mass is 10.1. The van der Waals surface area contributed by atoms with Gasteiger partial charge in [0.05, 0.1) is 12.2 Å². The van der Waals surface area contributed by atoms with Crippen LogP contribution < -0.4 is 5.32 Å². The molecular weight excluding hydrogens is 256 g/mol. The topological polar surface area (TPSA) is 73.0 Å². The summed E-state index contributed by atoms with van der Waals surface area (Å²) >= 11 is 0. The van der Waals surface area contributed by atoms with E-state index in [0.29, 0.717) is 11.6 Å². The number of amides is 1. The molecule has 0 saturated heterocycles. The predicted molar refractivity (Wildman–Crippen MR) is 72.3 cm³/mol. The van der Waals surface area contributed by atoms with E-state index >= 15 is 0 Å². The van der Waals surface area contributed by atoms with Gasteiger partial charge >= 0.3 is 0 Å². The first-order valence-electron chi connectivity index (χ1n) is 6.82. The number of rotatable bonds is 4. The van der Waals surface area contributed by atoms with E-state index < -0.39 is 0 Å². The van der Waals surface area contributed by atoms with E-state index in [1.165, 1.54) is 0 Å². The fourth-order valence-corrected chi connectivity index (χ4v) is 2.25. The maximum Gasteiger partial charge on any atom is 0.273 e. The molecule has 0 radical (unpaired) electrons. The highest BCUT2D eigenvalue weighted by Crippen LogP contribution is 2.40. The highest BCUT2D eigenvalue weighted by atomic mass is 16.5. The molecule has 6 nitrogen and oxygen atoms in total. The normalized spacial score (nSPS) is 16.1. The van der Waals surface area contributed by atoms with Crippen molar-refractivity contribution in [1.82, 2.24) is 20.3 Å². The van der Waals surface area contributed by atoms with E-state index in [9.17, 15) is 4.79 Å². The summed E-state index contributed by atoms with van der Waals surface area (Å²) in [5.41, 5.74) is 2.39. The summed E-state index contributed by atoms with van der Waals surface area (Å²) in [6, 6.07) is 1.63. The molecule has 1 saturated carbocycles. The highest BCUT2D eigenvalue weighted by molar-refractivity contribution is 5.92. The first kappa shape index (κ1) is 12.9. The van der Waals surface area contributed by atoms with Crippen molar-refractivity contribution in [1.29, 1.82) is 0 Å². The van der Waals surface area contributed by atoms with E-state index in [4.69, 9.17) is 4.52 Å². The fourth-order valence-electron chi connectivity index (χ4n) is 2.25. The summed E-state index contributed by atoms with van der Waals surface area (Å²) in [4.78, 5) is 12.1. The van der Waals surface area contributed by atoms with Gasteiger partial charge in [-0.25, -0.2) is 0 Å². The van der Waals surface area contributed by atoms with E-state index in [1.807, 2.05) is 20.9 Å². The van der Waals surface area contributed by atoms with Crippen LogP contribution in [0.15, 0.2) is 16.8 Å². The highest BCUT2D eigenvalue weighted by Gasteiger charge is 2.29. The van der Waals surface area contributed by atoms with Crippen LogP contribution in [0, 0.1) is 6.92 Å². The van der Waals surface area contributed by atoms with Crippen molar-refractivity contribution in [2.75, 3.05) is 0 Å². The number of aromatic nitrogens is 3.